The number of rotatable bonds is 3. The van der Waals surface area contributed by atoms with E-state index in [2.05, 4.69) is 5.32 Å². The van der Waals surface area contributed by atoms with E-state index in [1.165, 1.54) is 6.07 Å². The number of hydrazine groups is 1. The van der Waals surface area contributed by atoms with Crippen LogP contribution in [0.5, 0.6) is 0 Å². The molecule has 0 aromatic heterocycles. The van der Waals surface area contributed by atoms with Gasteiger partial charge in [0.25, 0.3) is 5.91 Å². The van der Waals surface area contributed by atoms with E-state index in [4.69, 9.17) is 10.6 Å². The van der Waals surface area contributed by atoms with Crippen LogP contribution in [0.25, 0.3) is 0 Å². The van der Waals surface area contributed by atoms with Gasteiger partial charge in [-0.3, -0.25) is 10.2 Å². The lowest BCUT2D eigenvalue weighted by Crippen LogP contribution is -2.44. The number of ether oxygens (including phenoxy) is 1. The summed E-state index contributed by atoms with van der Waals surface area (Å²) in [6.07, 6.45) is -5.53. The molecule has 1 rings (SSSR count). The number of alkyl carbamates (subject to hydrolysis) is 1. The minimum atomic E-state index is -4.58. The summed E-state index contributed by atoms with van der Waals surface area (Å²) >= 11 is 0. The summed E-state index contributed by atoms with van der Waals surface area (Å²) < 4.78 is 43.3. The molecular weight excluding hydrogens is 315 g/mol. The molecule has 0 spiro atoms. The number of nitrogens with one attached hydrogen (secondary N) is 2. The first-order valence-electron chi connectivity index (χ1n) is 6.61. The number of nitrogens with two attached hydrogens (primary N) is 1. The fraction of sp³-hybridized carbons (Fsp3) is 0.429. The molecule has 9 heteroatoms. The molecule has 4 N–H and O–H groups in total. The number of carbonyl (C=O) groups excluding carboxylic acids is 2. The molecule has 1 atom stereocenters. The summed E-state index contributed by atoms with van der Waals surface area (Å²) in [6, 6.07) is 2.60. The van der Waals surface area contributed by atoms with Crippen molar-refractivity contribution in [3.63, 3.8) is 0 Å². The van der Waals surface area contributed by atoms with Crippen molar-refractivity contribution >= 4 is 12.0 Å². The summed E-state index contributed by atoms with van der Waals surface area (Å²) in [5, 5.41) is 2.20. The maximum atomic E-state index is 12.8. The van der Waals surface area contributed by atoms with E-state index in [0.29, 0.717) is 0 Å². The van der Waals surface area contributed by atoms with Gasteiger partial charge in [0.15, 0.2) is 0 Å². The molecule has 128 valence electrons. The number of carbonyl (C=O) groups is 2. The lowest BCUT2D eigenvalue weighted by Gasteiger charge is -2.23. The predicted molar refractivity (Wildman–Crippen MR) is 75.9 cm³/mol. The minimum Gasteiger partial charge on any atom is -0.444 e. The number of hydrogen-bond acceptors (Lipinski definition) is 4. The SMILES string of the molecule is CC(C)(C)OC(=O)NC(C(=O)NN)c1cccc(C(F)(F)F)c1. The summed E-state index contributed by atoms with van der Waals surface area (Å²) in [7, 11) is 0. The highest BCUT2D eigenvalue weighted by atomic mass is 19.4. The quantitative estimate of drug-likeness (QED) is 0.449. The van der Waals surface area contributed by atoms with Gasteiger partial charge in [-0.15, -0.1) is 0 Å². The van der Waals surface area contributed by atoms with Gasteiger partial charge in [0, 0.05) is 0 Å². The first-order valence-corrected chi connectivity index (χ1v) is 6.61. The van der Waals surface area contributed by atoms with Gasteiger partial charge >= 0.3 is 12.3 Å². The van der Waals surface area contributed by atoms with Crippen molar-refractivity contribution in [2.24, 2.45) is 5.84 Å². The van der Waals surface area contributed by atoms with Crippen molar-refractivity contribution in [1.82, 2.24) is 10.7 Å². The highest BCUT2D eigenvalue weighted by molar-refractivity contribution is 5.86. The van der Waals surface area contributed by atoms with E-state index >= 15 is 0 Å². The maximum Gasteiger partial charge on any atom is 0.416 e. The Kier molecular flexibility index (Phi) is 5.60. The minimum absolute atomic E-state index is 0.0753. The molecule has 1 aromatic rings. The number of amides is 2. The van der Waals surface area contributed by atoms with Gasteiger partial charge in [0.2, 0.25) is 0 Å². The molecule has 2 amide bonds. The summed E-state index contributed by atoms with van der Waals surface area (Å²) in [4.78, 5) is 23.6. The Morgan fingerprint density at radius 2 is 1.83 bits per heavy atom. The number of alkyl halides is 3. The number of benzene rings is 1. The number of halogens is 3. The van der Waals surface area contributed by atoms with Gasteiger partial charge in [-0.1, -0.05) is 12.1 Å². The molecule has 0 fully saturated rings. The molecule has 0 saturated heterocycles. The Labute approximate surface area is 131 Å². The Bertz CT molecular complexity index is 583. The summed E-state index contributed by atoms with van der Waals surface area (Å²) in [6.45, 7) is 4.82. The fourth-order valence-electron chi connectivity index (χ4n) is 1.70. The van der Waals surface area contributed by atoms with Crippen LogP contribution in [0.2, 0.25) is 0 Å². The van der Waals surface area contributed by atoms with E-state index < -0.39 is 35.4 Å². The standard InChI is InChI=1S/C14H18F3N3O3/c1-13(2,3)23-12(22)19-10(11(21)20-18)8-5-4-6-9(7-8)14(15,16)17/h4-7,10H,18H2,1-3H3,(H,19,22)(H,20,21). The van der Waals surface area contributed by atoms with Crippen LogP contribution in [-0.4, -0.2) is 17.6 Å². The molecule has 0 radical (unpaired) electrons. The van der Waals surface area contributed by atoms with Crippen molar-refractivity contribution < 1.29 is 27.5 Å². The van der Waals surface area contributed by atoms with E-state index in [1.807, 2.05) is 0 Å². The Morgan fingerprint density at radius 3 is 2.30 bits per heavy atom. The van der Waals surface area contributed by atoms with E-state index in [9.17, 15) is 22.8 Å². The maximum absolute atomic E-state index is 12.8. The molecule has 1 aromatic carbocycles. The zero-order valence-electron chi connectivity index (χ0n) is 12.8. The van der Waals surface area contributed by atoms with Crippen LogP contribution < -0.4 is 16.6 Å². The van der Waals surface area contributed by atoms with Crippen molar-refractivity contribution in [1.29, 1.82) is 0 Å². The molecule has 0 saturated carbocycles. The second-order valence-electron chi connectivity index (χ2n) is 5.71. The largest absolute Gasteiger partial charge is 0.444 e. The third-order valence-electron chi connectivity index (χ3n) is 2.61. The van der Waals surface area contributed by atoms with Crippen LogP contribution in [-0.2, 0) is 15.7 Å². The lowest BCUT2D eigenvalue weighted by molar-refractivity contribution is -0.137. The van der Waals surface area contributed by atoms with Gasteiger partial charge < -0.3 is 10.1 Å². The average molecular weight is 333 g/mol. The molecule has 1 unspecified atom stereocenters. The Hall–Kier alpha value is -2.29. The molecule has 0 aliphatic carbocycles. The summed E-state index contributed by atoms with van der Waals surface area (Å²) in [5.74, 6) is 4.14. The van der Waals surface area contributed by atoms with Gasteiger partial charge in [-0.2, -0.15) is 13.2 Å². The zero-order valence-corrected chi connectivity index (χ0v) is 12.8. The zero-order chi connectivity index (χ0) is 17.8. The monoisotopic (exact) mass is 333 g/mol. The Balaban J connectivity index is 3.08. The topological polar surface area (TPSA) is 93.4 Å². The van der Waals surface area contributed by atoms with Crippen LogP contribution in [0.1, 0.15) is 37.9 Å². The van der Waals surface area contributed by atoms with Crippen LogP contribution in [0.15, 0.2) is 24.3 Å². The van der Waals surface area contributed by atoms with Crippen LogP contribution in [0.4, 0.5) is 18.0 Å². The molecule has 0 bridgehead atoms. The van der Waals surface area contributed by atoms with Gasteiger partial charge in [-0.25, -0.2) is 10.6 Å². The molecule has 0 aliphatic heterocycles. The van der Waals surface area contributed by atoms with Crippen molar-refractivity contribution in [3.8, 4) is 0 Å². The van der Waals surface area contributed by atoms with Gasteiger partial charge in [0.05, 0.1) is 5.56 Å². The highest BCUT2D eigenvalue weighted by Crippen LogP contribution is 2.30. The Morgan fingerprint density at radius 1 is 1.22 bits per heavy atom. The third kappa shape index (κ3) is 5.78. The molecule has 6 nitrogen and oxygen atoms in total. The first-order chi connectivity index (χ1) is 10.4. The average Bonchev–Trinajstić information content (AvgIpc) is 2.41. The second-order valence-corrected chi connectivity index (χ2v) is 5.71. The van der Waals surface area contributed by atoms with E-state index in [1.54, 1.807) is 26.2 Å². The highest BCUT2D eigenvalue weighted by Gasteiger charge is 2.32. The van der Waals surface area contributed by atoms with Crippen molar-refractivity contribution in [2.45, 2.75) is 38.6 Å². The van der Waals surface area contributed by atoms with Crippen molar-refractivity contribution in [3.05, 3.63) is 35.4 Å². The summed E-state index contributed by atoms with van der Waals surface area (Å²) in [5.41, 5.74) is -0.0559. The number of hydrogen-bond donors (Lipinski definition) is 3. The van der Waals surface area contributed by atoms with Crippen LogP contribution in [0, 0.1) is 0 Å². The van der Waals surface area contributed by atoms with Gasteiger partial charge in [0.1, 0.15) is 11.6 Å². The molecule has 23 heavy (non-hydrogen) atoms. The van der Waals surface area contributed by atoms with Crippen molar-refractivity contribution in [2.75, 3.05) is 0 Å². The molecular formula is C14H18F3N3O3. The predicted octanol–water partition coefficient (Wildman–Crippen LogP) is 2.26. The van der Waals surface area contributed by atoms with Crippen LogP contribution >= 0.6 is 0 Å². The fourth-order valence-corrected chi connectivity index (χ4v) is 1.70. The van der Waals surface area contributed by atoms with E-state index in [0.717, 1.165) is 18.2 Å². The third-order valence-corrected chi connectivity index (χ3v) is 2.61. The molecule has 0 heterocycles. The lowest BCUT2D eigenvalue weighted by atomic mass is 10.0. The second kappa shape index (κ2) is 6.86. The molecule has 0 aliphatic rings. The van der Waals surface area contributed by atoms with Gasteiger partial charge in [-0.05, 0) is 38.5 Å². The first kappa shape index (κ1) is 18.8. The van der Waals surface area contributed by atoms with E-state index in [-0.39, 0.29) is 5.56 Å². The smallest absolute Gasteiger partial charge is 0.416 e. The normalized spacial score (nSPS) is 13.2. The van der Waals surface area contributed by atoms with Crippen LogP contribution in [0.3, 0.4) is 0 Å².